The molecule has 0 saturated heterocycles. The van der Waals surface area contributed by atoms with E-state index in [0.717, 1.165) is 17.8 Å². The zero-order chi connectivity index (χ0) is 10.7. The molecule has 1 saturated carbocycles. The van der Waals surface area contributed by atoms with Gasteiger partial charge >= 0.3 is 0 Å². The maximum atomic E-state index is 9.29. The number of hydrogen-bond donors (Lipinski definition) is 1. The molecular weight excluding hydrogens is 186 g/mol. The van der Waals surface area contributed by atoms with Crippen molar-refractivity contribution in [3.63, 3.8) is 0 Å². The minimum atomic E-state index is 0.108. The predicted molar refractivity (Wildman–Crippen MR) is 62.9 cm³/mol. The molecule has 2 rings (SSSR count). The zero-order valence-corrected chi connectivity index (χ0v) is 8.89. The summed E-state index contributed by atoms with van der Waals surface area (Å²) in [6.07, 6.45) is 4.44. The van der Waals surface area contributed by atoms with E-state index in [4.69, 9.17) is 0 Å². The SMILES string of the molecule is C=CCN(c1ccccc1CO)C1CC1. The Bertz CT molecular complexity index is 344. The van der Waals surface area contributed by atoms with Gasteiger partial charge in [-0.25, -0.2) is 0 Å². The number of benzene rings is 1. The highest BCUT2D eigenvalue weighted by molar-refractivity contribution is 5.55. The van der Waals surface area contributed by atoms with Crippen molar-refractivity contribution in [2.24, 2.45) is 0 Å². The first-order chi connectivity index (χ1) is 7.36. The second kappa shape index (κ2) is 4.49. The van der Waals surface area contributed by atoms with Crippen LogP contribution in [0.4, 0.5) is 5.69 Å². The van der Waals surface area contributed by atoms with Gasteiger partial charge in [-0.2, -0.15) is 0 Å². The standard InChI is InChI=1S/C13H17NO/c1-2-9-14(12-7-8-12)13-6-4-3-5-11(13)10-15/h2-6,12,15H,1,7-10H2. The normalized spacial score (nSPS) is 15.0. The summed E-state index contributed by atoms with van der Waals surface area (Å²) in [6.45, 7) is 4.76. The van der Waals surface area contributed by atoms with E-state index in [-0.39, 0.29) is 6.61 Å². The number of rotatable bonds is 5. The first kappa shape index (κ1) is 10.2. The molecule has 1 fully saturated rings. The quantitative estimate of drug-likeness (QED) is 0.742. The molecule has 1 aromatic carbocycles. The van der Waals surface area contributed by atoms with Crippen molar-refractivity contribution >= 4 is 5.69 Å². The lowest BCUT2D eigenvalue weighted by Gasteiger charge is -2.25. The van der Waals surface area contributed by atoms with E-state index in [9.17, 15) is 5.11 Å². The fourth-order valence-corrected chi connectivity index (χ4v) is 1.89. The lowest BCUT2D eigenvalue weighted by atomic mass is 10.1. The number of hydrogen-bond acceptors (Lipinski definition) is 2. The van der Waals surface area contributed by atoms with Crippen LogP contribution in [0.2, 0.25) is 0 Å². The highest BCUT2D eigenvalue weighted by Gasteiger charge is 2.29. The third kappa shape index (κ3) is 2.21. The average molecular weight is 203 g/mol. The Balaban J connectivity index is 2.27. The minimum Gasteiger partial charge on any atom is -0.392 e. The van der Waals surface area contributed by atoms with Crippen molar-refractivity contribution in [3.05, 3.63) is 42.5 Å². The number of nitrogens with zero attached hydrogens (tertiary/aromatic N) is 1. The molecule has 0 radical (unpaired) electrons. The van der Waals surface area contributed by atoms with Gasteiger partial charge in [-0.15, -0.1) is 6.58 Å². The summed E-state index contributed by atoms with van der Waals surface area (Å²) in [4.78, 5) is 2.33. The third-order valence-corrected chi connectivity index (χ3v) is 2.78. The fourth-order valence-electron chi connectivity index (χ4n) is 1.89. The molecule has 2 heteroatoms. The van der Waals surface area contributed by atoms with Gasteiger partial charge in [-0.05, 0) is 18.9 Å². The van der Waals surface area contributed by atoms with Gasteiger partial charge in [0.25, 0.3) is 0 Å². The van der Waals surface area contributed by atoms with Crippen LogP contribution in [-0.2, 0) is 6.61 Å². The van der Waals surface area contributed by atoms with Gasteiger partial charge in [-0.1, -0.05) is 24.3 Å². The van der Waals surface area contributed by atoms with Crippen molar-refractivity contribution in [2.75, 3.05) is 11.4 Å². The second-order valence-electron chi connectivity index (χ2n) is 3.96. The summed E-state index contributed by atoms with van der Waals surface area (Å²) >= 11 is 0. The molecule has 1 N–H and O–H groups in total. The highest BCUT2D eigenvalue weighted by atomic mass is 16.3. The number of aliphatic hydroxyl groups excluding tert-OH is 1. The zero-order valence-electron chi connectivity index (χ0n) is 8.89. The van der Waals surface area contributed by atoms with E-state index in [1.165, 1.54) is 12.8 Å². The predicted octanol–water partition coefficient (Wildman–Crippen LogP) is 2.33. The van der Waals surface area contributed by atoms with E-state index in [1.54, 1.807) is 0 Å². The third-order valence-electron chi connectivity index (χ3n) is 2.78. The van der Waals surface area contributed by atoms with Crippen molar-refractivity contribution in [1.82, 2.24) is 0 Å². The summed E-state index contributed by atoms with van der Waals surface area (Å²) in [6, 6.07) is 8.69. The summed E-state index contributed by atoms with van der Waals surface area (Å²) < 4.78 is 0. The van der Waals surface area contributed by atoms with Crippen LogP contribution in [-0.4, -0.2) is 17.7 Å². The lowest BCUT2D eigenvalue weighted by Crippen LogP contribution is -2.26. The Morgan fingerprint density at radius 1 is 1.40 bits per heavy atom. The molecule has 0 unspecified atom stereocenters. The summed E-state index contributed by atoms with van der Waals surface area (Å²) in [5.74, 6) is 0. The molecule has 0 aliphatic heterocycles. The topological polar surface area (TPSA) is 23.5 Å². The van der Waals surface area contributed by atoms with Gasteiger partial charge in [0, 0.05) is 23.8 Å². The van der Waals surface area contributed by atoms with E-state index >= 15 is 0 Å². The molecule has 80 valence electrons. The van der Waals surface area contributed by atoms with Crippen molar-refractivity contribution in [1.29, 1.82) is 0 Å². The Morgan fingerprint density at radius 3 is 2.73 bits per heavy atom. The number of anilines is 1. The van der Waals surface area contributed by atoms with E-state index in [1.807, 2.05) is 24.3 Å². The number of aliphatic hydroxyl groups is 1. The van der Waals surface area contributed by atoms with Gasteiger partial charge in [-0.3, -0.25) is 0 Å². The van der Waals surface area contributed by atoms with Gasteiger partial charge < -0.3 is 10.0 Å². The molecule has 1 aliphatic carbocycles. The minimum absolute atomic E-state index is 0.108. The van der Waals surface area contributed by atoms with Crippen molar-refractivity contribution in [3.8, 4) is 0 Å². The average Bonchev–Trinajstić information content (AvgIpc) is 3.10. The van der Waals surface area contributed by atoms with Crippen LogP contribution in [0.5, 0.6) is 0 Å². The van der Waals surface area contributed by atoms with Crippen LogP contribution in [0.1, 0.15) is 18.4 Å². The Morgan fingerprint density at radius 2 is 2.13 bits per heavy atom. The Labute approximate surface area is 90.8 Å². The van der Waals surface area contributed by atoms with Gasteiger partial charge in [0.05, 0.1) is 6.61 Å². The molecule has 0 bridgehead atoms. The fraction of sp³-hybridized carbons (Fsp3) is 0.385. The highest BCUT2D eigenvalue weighted by Crippen LogP contribution is 2.33. The lowest BCUT2D eigenvalue weighted by molar-refractivity contribution is 0.282. The molecule has 0 amide bonds. The largest absolute Gasteiger partial charge is 0.392 e. The Kier molecular flexibility index (Phi) is 3.07. The van der Waals surface area contributed by atoms with Gasteiger partial charge in [0.1, 0.15) is 0 Å². The first-order valence-corrected chi connectivity index (χ1v) is 5.43. The maximum absolute atomic E-state index is 9.29. The molecule has 0 atom stereocenters. The van der Waals surface area contributed by atoms with Gasteiger partial charge in [0.15, 0.2) is 0 Å². The smallest absolute Gasteiger partial charge is 0.0702 e. The van der Waals surface area contributed by atoms with Gasteiger partial charge in [0.2, 0.25) is 0 Å². The van der Waals surface area contributed by atoms with E-state index < -0.39 is 0 Å². The first-order valence-electron chi connectivity index (χ1n) is 5.43. The molecular formula is C13H17NO. The molecule has 0 heterocycles. The second-order valence-corrected chi connectivity index (χ2v) is 3.96. The maximum Gasteiger partial charge on any atom is 0.0702 e. The van der Waals surface area contributed by atoms with Crippen LogP contribution in [0.25, 0.3) is 0 Å². The Hall–Kier alpha value is -1.28. The van der Waals surface area contributed by atoms with E-state index in [2.05, 4.69) is 17.5 Å². The molecule has 0 spiro atoms. The van der Waals surface area contributed by atoms with E-state index in [0.29, 0.717) is 6.04 Å². The summed E-state index contributed by atoms with van der Waals surface area (Å²) in [7, 11) is 0. The van der Waals surface area contributed by atoms with Crippen LogP contribution in [0.3, 0.4) is 0 Å². The van der Waals surface area contributed by atoms with Crippen molar-refractivity contribution in [2.45, 2.75) is 25.5 Å². The number of para-hydroxylation sites is 1. The summed E-state index contributed by atoms with van der Waals surface area (Å²) in [5.41, 5.74) is 2.16. The molecule has 1 aromatic rings. The van der Waals surface area contributed by atoms with Crippen LogP contribution in [0.15, 0.2) is 36.9 Å². The van der Waals surface area contributed by atoms with Crippen LogP contribution in [0, 0.1) is 0 Å². The monoisotopic (exact) mass is 203 g/mol. The molecule has 0 aromatic heterocycles. The molecule has 1 aliphatic rings. The summed E-state index contributed by atoms with van der Waals surface area (Å²) in [5, 5.41) is 9.29. The van der Waals surface area contributed by atoms with Crippen molar-refractivity contribution < 1.29 is 5.11 Å². The van der Waals surface area contributed by atoms with Crippen LogP contribution >= 0.6 is 0 Å². The molecule has 2 nitrogen and oxygen atoms in total. The van der Waals surface area contributed by atoms with Crippen LogP contribution < -0.4 is 4.90 Å². The molecule has 15 heavy (non-hydrogen) atoms.